The lowest BCUT2D eigenvalue weighted by molar-refractivity contribution is -0.127. The second-order valence-electron chi connectivity index (χ2n) is 6.71. The predicted molar refractivity (Wildman–Crippen MR) is 89.9 cm³/mol. The molecule has 2 aliphatic rings. The summed E-state index contributed by atoms with van der Waals surface area (Å²) in [4.78, 5) is 23.2. The van der Waals surface area contributed by atoms with Gasteiger partial charge in [-0.2, -0.15) is 0 Å². The first-order valence-corrected chi connectivity index (χ1v) is 8.70. The summed E-state index contributed by atoms with van der Waals surface area (Å²) < 4.78 is 11.3. The maximum absolute atomic E-state index is 12.3. The van der Waals surface area contributed by atoms with Crippen molar-refractivity contribution in [2.75, 3.05) is 38.2 Å². The van der Waals surface area contributed by atoms with Crippen molar-refractivity contribution in [3.63, 3.8) is 0 Å². The van der Waals surface area contributed by atoms with Gasteiger partial charge in [0, 0.05) is 25.6 Å². The number of aromatic nitrogens is 2. The Labute approximate surface area is 142 Å². The minimum absolute atomic E-state index is 0.111. The molecule has 3 heterocycles. The largest absolute Gasteiger partial charge is 0.379 e. The smallest absolute Gasteiger partial charge is 0.253 e. The normalized spacial score (nSPS) is 25.1. The van der Waals surface area contributed by atoms with Crippen LogP contribution < -0.4 is 5.32 Å². The van der Waals surface area contributed by atoms with Crippen molar-refractivity contribution in [3.8, 4) is 0 Å². The van der Waals surface area contributed by atoms with Crippen LogP contribution in [0, 0.1) is 0 Å². The average molecular weight is 334 g/mol. The molecule has 24 heavy (non-hydrogen) atoms. The lowest BCUT2D eigenvalue weighted by Gasteiger charge is -2.28. The Morgan fingerprint density at radius 2 is 2.00 bits per heavy atom. The van der Waals surface area contributed by atoms with E-state index in [0.717, 1.165) is 51.5 Å². The highest BCUT2D eigenvalue weighted by Gasteiger charge is 2.32. The summed E-state index contributed by atoms with van der Waals surface area (Å²) in [6.45, 7) is 8.39. The van der Waals surface area contributed by atoms with Gasteiger partial charge in [-0.1, -0.05) is 13.8 Å². The van der Waals surface area contributed by atoms with Gasteiger partial charge >= 0.3 is 0 Å². The highest BCUT2D eigenvalue weighted by Crippen LogP contribution is 2.22. The van der Waals surface area contributed by atoms with E-state index in [0.29, 0.717) is 5.69 Å². The molecule has 1 aromatic rings. The predicted octanol–water partition coefficient (Wildman–Crippen LogP) is 1.42. The maximum Gasteiger partial charge on any atom is 0.253 e. The fourth-order valence-electron chi connectivity index (χ4n) is 3.03. The number of carbonyl (C=O) groups is 1. The van der Waals surface area contributed by atoms with Crippen molar-refractivity contribution in [2.24, 2.45) is 0 Å². The van der Waals surface area contributed by atoms with Crippen LogP contribution in [0.5, 0.6) is 0 Å². The first-order chi connectivity index (χ1) is 11.6. The minimum atomic E-state index is -0.388. The molecule has 132 valence electrons. The zero-order chi connectivity index (χ0) is 16.9. The van der Waals surface area contributed by atoms with Gasteiger partial charge in [0.2, 0.25) is 0 Å². The highest BCUT2D eigenvalue weighted by atomic mass is 16.5. The molecule has 2 fully saturated rings. The van der Waals surface area contributed by atoms with Crippen LogP contribution in [0.3, 0.4) is 0 Å². The quantitative estimate of drug-likeness (QED) is 0.877. The summed E-state index contributed by atoms with van der Waals surface area (Å²) in [7, 11) is 0. The van der Waals surface area contributed by atoms with Crippen molar-refractivity contribution in [1.82, 2.24) is 14.9 Å². The Hall–Kier alpha value is -1.57. The number of rotatable bonds is 5. The summed E-state index contributed by atoms with van der Waals surface area (Å²) in [5.74, 6) is 0.935. The number of morpholine rings is 1. The number of hydrogen-bond donors (Lipinski definition) is 1. The second-order valence-corrected chi connectivity index (χ2v) is 6.71. The molecule has 1 N–H and O–H groups in total. The monoisotopic (exact) mass is 334 g/mol. The molecule has 7 nitrogen and oxygen atoms in total. The number of carbonyl (C=O) groups excluding carboxylic acids is 1. The fraction of sp³-hybridized carbons (Fsp3) is 0.706. The zero-order valence-electron chi connectivity index (χ0n) is 14.4. The van der Waals surface area contributed by atoms with Crippen molar-refractivity contribution in [3.05, 3.63) is 18.2 Å². The molecule has 1 amide bonds. The van der Waals surface area contributed by atoms with Gasteiger partial charge in [0.15, 0.2) is 0 Å². The van der Waals surface area contributed by atoms with E-state index in [2.05, 4.69) is 20.2 Å². The number of anilines is 1. The first kappa shape index (κ1) is 17.3. The van der Waals surface area contributed by atoms with E-state index < -0.39 is 0 Å². The Kier molecular flexibility index (Phi) is 5.76. The van der Waals surface area contributed by atoms with E-state index in [1.807, 2.05) is 13.8 Å². The van der Waals surface area contributed by atoms with Gasteiger partial charge < -0.3 is 14.8 Å². The van der Waals surface area contributed by atoms with Crippen molar-refractivity contribution in [2.45, 2.75) is 44.8 Å². The molecule has 0 radical (unpaired) electrons. The molecule has 1 aromatic heterocycles. The van der Waals surface area contributed by atoms with E-state index in [1.54, 1.807) is 12.4 Å². The molecule has 2 atom stereocenters. The van der Waals surface area contributed by atoms with Crippen molar-refractivity contribution >= 4 is 11.6 Å². The molecule has 0 aromatic carbocycles. The molecule has 0 saturated carbocycles. The summed E-state index contributed by atoms with van der Waals surface area (Å²) in [6, 6.07) is 0. The van der Waals surface area contributed by atoms with Crippen LogP contribution in [0.4, 0.5) is 5.69 Å². The van der Waals surface area contributed by atoms with Gasteiger partial charge in [-0.05, 0) is 12.8 Å². The highest BCUT2D eigenvalue weighted by molar-refractivity contribution is 5.94. The molecule has 7 heteroatoms. The summed E-state index contributed by atoms with van der Waals surface area (Å²) >= 11 is 0. The molecule has 0 aliphatic carbocycles. The van der Waals surface area contributed by atoms with E-state index in [-0.39, 0.29) is 24.0 Å². The zero-order valence-corrected chi connectivity index (χ0v) is 14.4. The second kappa shape index (κ2) is 8.00. The van der Waals surface area contributed by atoms with E-state index in [1.165, 1.54) is 0 Å². The number of ether oxygens (including phenoxy) is 2. The number of hydrogen-bond acceptors (Lipinski definition) is 6. The summed E-state index contributed by atoms with van der Waals surface area (Å²) in [6.07, 6.45) is 4.71. The van der Waals surface area contributed by atoms with Crippen LogP contribution in [0.1, 0.15) is 38.4 Å². The van der Waals surface area contributed by atoms with Crippen molar-refractivity contribution < 1.29 is 14.3 Å². The summed E-state index contributed by atoms with van der Waals surface area (Å²) in [5, 5.41) is 2.85. The molecular weight excluding hydrogens is 308 g/mol. The third kappa shape index (κ3) is 4.49. The molecule has 2 aliphatic heterocycles. The Balaban J connectivity index is 1.47. The molecule has 0 spiro atoms. The van der Waals surface area contributed by atoms with Gasteiger partial charge in [-0.15, -0.1) is 0 Å². The van der Waals surface area contributed by atoms with Gasteiger partial charge in [-0.3, -0.25) is 9.69 Å². The maximum atomic E-state index is 12.3. The van der Waals surface area contributed by atoms with Crippen LogP contribution in [-0.4, -0.2) is 65.8 Å². The Bertz CT molecular complexity index is 543. The fourth-order valence-corrected chi connectivity index (χ4v) is 3.03. The lowest BCUT2D eigenvalue weighted by atomic mass is 10.1. The number of amides is 1. The van der Waals surface area contributed by atoms with Crippen LogP contribution >= 0.6 is 0 Å². The first-order valence-electron chi connectivity index (χ1n) is 8.70. The van der Waals surface area contributed by atoms with E-state index in [4.69, 9.17) is 9.47 Å². The molecule has 0 bridgehead atoms. The standard InChI is InChI=1S/C17H26N4O3/c1-12(2)16-18-9-13(10-19-16)20-17(22)15-4-3-14(24-15)11-21-5-7-23-8-6-21/h9-10,12,14-15H,3-8,11H2,1-2H3,(H,20,22)/t14-,15+/m1/s1. The van der Waals surface area contributed by atoms with Gasteiger partial charge in [0.25, 0.3) is 5.91 Å². The van der Waals surface area contributed by atoms with Gasteiger partial charge in [-0.25, -0.2) is 9.97 Å². The van der Waals surface area contributed by atoms with Crippen molar-refractivity contribution in [1.29, 1.82) is 0 Å². The third-order valence-corrected chi connectivity index (χ3v) is 4.42. The average Bonchev–Trinajstić information content (AvgIpc) is 3.05. The minimum Gasteiger partial charge on any atom is -0.379 e. The van der Waals surface area contributed by atoms with Crippen LogP contribution in [-0.2, 0) is 14.3 Å². The summed E-state index contributed by atoms with van der Waals surface area (Å²) in [5.41, 5.74) is 0.615. The topological polar surface area (TPSA) is 76.6 Å². The Morgan fingerprint density at radius 3 is 2.67 bits per heavy atom. The number of nitrogens with one attached hydrogen (secondary N) is 1. The Morgan fingerprint density at radius 1 is 1.29 bits per heavy atom. The van der Waals surface area contributed by atoms with Gasteiger partial charge in [0.1, 0.15) is 11.9 Å². The number of nitrogens with zero attached hydrogens (tertiary/aromatic N) is 3. The third-order valence-electron chi connectivity index (χ3n) is 4.42. The van der Waals surface area contributed by atoms with Crippen LogP contribution in [0.2, 0.25) is 0 Å². The van der Waals surface area contributed by atoms with Gasteiger partial charge in [0.05, 0.1) is 37.4 Å². The molecular formula is C17H26N4O3. The molecule has 3 rings (SSSR count). The SMILES string of the molecule is CC(C)c1ncc(NC(=O)[C@@H]2CC[C@H](CN3CCOCC3)O2)cn1. The lowest BCUT2D eigenvalue weighted by Crippen LogP contribution is -2.41. The van der Waals surface area contributed by atoms with E-state index in [9.17, 15) is 4.79 Å². The molecule has 0 unspecified atom stereocenters. The molecule has 2 saturated heterocycles. The van der Waals surface area contributed by atoms with Crippen LogP contribution in [0.25, 0.3) is 0 Å². The van der Waals surface area contributed by atoms with Crippen LogP contribution in [0.15, 0.2) is 12.4 Å². The van der Waals surface area contributed by atoms with E-state index >= 15 is 0 Å².